The SMILES string of the molecule is CCC1CC2C[C@H](OC(N)=O)CC(C1)[C@@H]2NC(=O)c1cnn(/C=C/C(C)(C)NC(=O)OC)c1SC(C)C. The lowest BCUT2D eigenvalue weighted by atomic mass is 9.63. The number of primary amides is 1. The maximum Gasteiger partial charge on any atom is 0.407 e. The third-order valence-electron chi connectivity index (χ3n) is 7.16. The molecule has 2 saturated carbocycles. The summed E-state index contributed by atoms with van der Waals surface area (Å²) in [6, 6.07) is 0.0157. The Morgan fingerprint density at radius 3 is 2.43 bits per heavy atom. The quantitative estimate of drug-likeness (QED) is 0.399. The Morgan fingerprint density at radius 2 is 1.89 bits per heavy atom. The molecule has 2 atom stereocenters. The van der Waals surface area contributed by atoms with E-state index in [1.54, 1.807) is 34.9 Å². The molecule has 0 spiro atoms. The van der Waals surface area contributed by atoms with Crippen molar-refractivity contribution in [2.75, 3.05) is 7.11 Å². The zero-order valence-corrected chi connectivity index (χ0v) is 23.5. The first-order valence-corrected chi connectivity index (χ1v) is 13.9. The summed E-state index contributed by atoms with van der Waals surface area (Å²) < 4.78 is 11.7. The number of rotatable bonds is 9. The number of carbonyl (C=O) groups is 3. The van der Waals surface area contributed by atoms with Gasteiger partial charge in [-0.05, 0) is 63.4 Å². The Hall–Kier alpha value is -2.69. The van der Waals surface area contributed by atoms with E-state index in [-0.39, 0.29) is 35.1 Å². The Kier molecular flexibility index (Phi) is 9.55. The summed E-state index contributed by atoms with van der Waals surface area (Å²) in [7, 11) is 1.32. The average Bonchev–Trinajstić information content (AvgIpc) is 3.19. The van der Waals surface area contributed by atoms with Crippen LogP contribution >= 0.6 is 11.8 Å². The minimum absolute atomic E-state index is 0.0157. The first-order chi connectivity index (χ1) is 17.4. The van der Waals surface area contributed by atoms with Crippen LogP contribution in [0, 0.1) is 17.8 Å². The highest BCUT2D eigenvalue weighted by Crippen LogP contribution is 2.45. The highest BCUT2D eigenvalue weighted by molar-refractivity contribution is 7.99. The predicted octanol–water partition coefficient (Wildman–Crippen LogP) is 4.40. The maximum atomic E-state index is 13.6. The lowest BCUT2D eigenvalue weighted by Gasteiger charge is -2.48. The monoisotopic (exact) mass is 535 g/mol. The number of nitrogens with two attached hydrogens (primary N) is 1. The number of ether oxygens (including phenoxy) is 2. The molecule has 0 saturated heterocycles. The smallest absolute Gasteiger partial charge is 0.407 e. The van der Waals surface area contributed by atoms with Gasteiger partial charge in [-0.15, -0.1) is 11.8 Å². The number of nitrogens with one attached hydrogen (secondary N) is 2. The van der Waals surface area contributed by atoms with Gasteiger partial charge >= 0.3 is 12.2 Å². The van der Waals surface area contributed by atoms with E-state index in [2.05, 4.69) is 36.5 Å². The molecule has 4 N–H and O–H groups in total. The third kappa shape index (κ3) is 7.66. The van der Waals surface area contributed by atoms with E-state index in [4.69, 9.17) is 15.2 Å². The second kappa shape index (κ2) is 12.2. The van der Waals surface area contributed by atoms with Gasteiger partial charge in [0.25, 0.3) is 5.91 Å². The van der Waals surface area contributed by atoms with Gasteiger partial charge in [-0.2, -0.15) is 5.10 Å². The Bertz CT molecular complexity index is 991. The largest absolute Gasteiger partial charge is 0.453 e. The maximum absolute atomic E-state index is 13.6. The number of hydrogen-bond acceptors (Lipinski definition) is 7. The predicted molar refractivity (Wildman–Crippen MR) is 143 cm³/mol. The standard InChI is InChI=1S/C26H41N5O5S/c1-7-16-10-17-12-19(36-24(27)33)13-18(11-16)21(17)29-22(32)20-14-28-31(23(20)37-15(2)3)9-8-26(4,5)30-25(34)35-6/h8-9,14-19,21H,7,10-13H2,1-6H3,(H2,27,33)(H,29,32)(H,30,34)/b9-8+/t16?,17?,18?,19-,21+. The molecule has 0 radical (unpaired) electrons. The fourth-order valence-electron chi connectivity index (χ4n) is 5.51. The first-order valence-electron chi connectivity index (χ1n) is 13.0. The first kappa shape index (κ1) is 28.9. The van der Waals surface area contributed by atoms with Gasteiger partial charge in [-0.25, -0.2) is 14.3 Å². The topological polar surface area (TPSA) is 138 Å². The number of amides is 3. The Labute approximate surface area is 223 Å². The molecule has 2 aliphatic carbocycles. The summed E-state index contributed by atoms with van der Waals surface area (Å²) >= 11 is 1.56. The molecule has 0 aliphatic heterocycles. The molecule has 1 aromatic heterocycles. The van der Waals surface area contributed by atoms with Crippen molar-refractivity contribution in [3.8, 4) is 0 Å². The summed E-state index contributed by atoms with van der Waals surface area (Å²) in [5, 5.41) is 11.5. The molecule has 2 aliphatic rings. The van der Waals surface area contributed by atoms with Crippen LogP contribution < -0.4 is 16.4 Å². The van der Waals surface area contributed by atoms with Gasteiger partial charge in [0.05, 0.1) is 24.4 Å². The molecule has 37 heavy (non-hydrogen) atoms. The molecule has 0 aromatic carbocycles. The lowest BCUT2D eigenvalue weighted by Crippen LogP contribution is -2.54. The fraction of sp³-hybridized carbons (Fsp3) is 0.692. The number of carbonyl (C=O) groups excluding carboxylic acids is 3. The normalized spacial score (nSPS) is 25.6. The van der Waals surface area contributed by atoms with Gasteiger partial charge < -0.3 is 25.8 Å². The van der Waals surface area contributed by atoms with Gasteiger partial charge in [0, 0.05) is 17.5 Å². The number of aromatic nitrogens is 2. The third-order valence-corrected chi connectivity index (χ3v) is 8.26. The summed E-state index contributed by atoms with van der Waals surface area (Å²) in [5.41, 5.74) is 5.12. The molecule has 3 rings (SSSR count). The van der Waals surface area contributed by atoms with E-state index in [9.17, 15) is 14.4 Å². The molecule has 1 aromatic rings. The van der Waals surface area contributed by atoms with Crippen LogP contribution in [0.1, 0.15) is 77.1 Å². The molecule has 2 fully saturated rings. The van der Waals surface area contributed by atoms with Crippen LogP contribution in [0.4, 0.5) is 9.59 Å². The van der Waals surface area contributed by atoms with E-state index < -0.39 is 17.7 Å². The van der Waals surface area contributed by atoms with Gasteiger partial charge in [-0.1, -0.05) is 27.2 Å². The number of alkyl carbamates (subject to hydrolysis) is 1. The number of fused-ring (bicyclic) bond motifs is 2. The second-order valence-corrected chi connectivity index (χ2v) is 12.5. The molecule has 10 nitrogen and oxygen atoms in total. The van der Waals surface area contributed by atoms with E-state index in [1.807, 2.05) is 13.8 Å². The van der Waals surface area contributed by atoms with E-state index in [0.717, 1.165) is 24.3 Å². The Balaban J connectivity index is 1.80. The molecule has 2 bridgehead atoms. The van der Waals surface area contributed by atoms with Crippen LogP contribution in [-0.4, -0.2) is 57.9 Å². The van der Waals surface area contributed by atoms with Crippen LogP contribution in [0.2, 0.25) is 0 Å². The van der Waals surface area contributed by atoms with Crippen LogP contribution in [0.3, 0.4) is 0 Å². The van der Waals surface area contributed by atoms with E-state index >= 15 is 0 Å². The second-order valence-electron chi connectivity index (χ2n) is 10.9. The number of nitrogens with zero attached hydrogens (tertiary/aromatic N) is 2. The summed E-state index contributed by atoms with van der Waals surface area (Å²) in [5.74, 6) is 0.915. The average molecular weight is 536 g/mol. The van der Waals surface area contributed by atoms with Gasteiger partial charge in [0.15, 0.2) is 0 Å². The van der Waals surface area contributed by atoms with Gasteiger partial charge in [-0.3, -0.25) is 4.79 Å². The highest BCUT2D eigenvalue weighted by Gasteiger charge is 2.45. The van der Waals surface area contributed by atoms with Gasteiger partial charge in [0.1, 0.15) is 11.1 Å². The number of thioether (sulfide) groups is 1. The van der Waals surface area contributed by atoms with Crippen LogP contribution in [0.25, 0.3) is 6.20 Å². The fourth-order valence-corrected chi connectivity index (χ4v) is 6.45. The number of methoxy groups -OCH3 is 1. The lowest BCUT2D eigenvalue weighted by molar-refractivity contribution is -0.00891. The minimum atomic E-state index is -0.738. The van der Waals surface area contributed by atoms with Gasteiger partial charge in [0.2, 0.25) is 0 Å². The molecule has 3 amide bonds. The van der Waals surface area contributed by atoms with Crippen molar-refractivity contribution in [2.24, 2.45) is 23.5 Å². The summed E-state index contributed by atoms with van der Waals surface area (Å²) in [6.07, 6.45) is 8.20. The zero-order valence-electron chi connectivity index (χ0n) is 22.7. The summed E-state index contributed by atoms with van der Waals surface area (Å²) in [6.45, 7) is 10.0. The van der Waals surface area contributed by atoms with Crippen molar-refractivity contribution in [1.82, 2.24) is 20.4 Å². The molecule has 1 heterocycles. The van der Waals surface area contributed by atoms with Crippen LogP contribution in [-0.2, 0) is 9.47 Å². The van der Waals surface area contributed by atoms with Crippen LogP contribution in [0.5, 0.6) is 0 Å². The van der Waals surface area contributed by atoms with Crippen molar-refractivity contribution in [2.45, 2.75) is 94.7 Å². The summed E-state index contributed by atoms with van der Waals surface area (Å²) in [4.78, 5) is 36.6. The number of hydrogen-bond donors (Lipinski definition) is 3. The molecule has 11 heteroatoms. The van der Waals surface area contributed by atoms with Crippen molar-refractivity contribution < 1.29 is 23.9 Å². The Morgan fingerprint density at radius 1 is 1.24 bits per heavy atom. The van der Waals surface area contributed by atoms with Crippen molar-refractivity contribution in [3.63, 3.8) is 0 Å². The molecular formula is C26H41N5O5S. The zero-order chi connectivity index (χ0) is 27.3. The molecule has 206 valence electrons. The van der Waals surface area contributed by atoms with E-state index in [0.29, 0.717) is 24.3 Å². The van der Waals surface area contributed by atoms with Crippen LogP contribution in [0.15, 0.2) is 17.3 Å². The van der Waals surface area contributed by atoms with Crippen molar-refractivity contribution in [3.05, 3.63) is 17.8 Å². The highest BCUT2D eigenvalue weighted by atomic mass is 32.2. The van der Waals surface area contributed by atoms with Crippen molar-refractivity contribution in [1.29, 1.82) is 0 Å². The minimum Gasteiger partial charge on any atom is -0.453 e. The van der Waals surface area contributed by atoms with Crippen molar-refractivity contribution >= 4 is 36.1 Å². The van der Waals surface area contributed by atoms with E-state index in [1.165, 1.54) is 7.11 Å². The molecular weight excluding hydrogens is 494 g/mol. The molecule has 2 unspecified atom stereocenters.